The summed E-state index contributed by atoms with van der Waals surface area (Å²) in [5.41, 5.74) is 0. The molecule has 66 valence electrons. The first kappa shape index (κ1) is 7.84. The van der Waals surface area contributed by atoms with Gasteiger partial charge in [-0.05, 0) is 25.7 Å². The average Bonchev–Trinajstić information content (AvgIpc) is 2.32. The van der Waals surface area contributed by atoms with Gasteiger partial charge in [0.2, 0.25) is 0 Å². The minimum absolute atomic E-state index is 0.00639. The minimum Gasteiger partial charge on any atom is -0.462 e. The first-order valence-corrected chi connectivity index (χ1v) is 4.71. The van der Waals surface area contributed by atoms with Crippen LogP contribution in [0.4, 0.5) is 0 Å². The Kier molecular flexibility index (Phi) is 2.15. The molecule has 1 aliphatic heterocycles. The predicted molar refractivity (Wildman–Crippen MR) is 45.6 cm³/mol. The molecule has 0 amide bonds. The van der Waals surface area contributed by atoms with Crippen LogP contribution in [0.1, 0.15) is 32.1 Å². The molecule has 0 aromatic heterocycles. The van der Waals surface area contributed by atoms with E-state index >= 15 is 0 Å². The highest BCUT2D eigenvalue weighted by Crippen LogP contribution is 2.30. The highest BCUT2D eigenvalue weighted by molar-refractivity contribution is 5.72. The highest BCUT2D eigenvalue weighted by Gasteiger charge is 2.33. The van der Waals surface area contributed by atoms with E-state index < -0.39 is 0 Å². The van der Waals surface area contributed by atoms with Crippen LogP contribution >= 0.6 is 0 Å². The second-order valence-electron chi connectivity index (χ2n) is 3.62. The second kappa shape index (κ2) is 3.30. The number of esters is 1. The van der Waals surface area contributed by atoms with Crippen LogP contribution in [-0.4, -0.2) is 12.1 Å². The van der Waals surface area contributed by atoms with Gasteiger partial charge in [0, 0.05) is 5.92 Å². The molecule has 2 nitrogen and oxygen atoms in total. The monoisotopic (exact) mass is 166 g/mol. The fourth-order valence-electron chi connectivity index (χ4n) is 2.05. The van der Waals surface area contributed by atoms with Crippen molar-refractivity contribution in [2.45, 2.75) is 38.2 Å². The van der Waals surface area contributed by atoms with Crippen molar-refractivity contribution in [1.82, 2.24) is 0 Å². The zero-order valence-corrected chi connectivity index (χ0v) is 7.16. The zero-order chi connectivity index (χ0) is 8.39. The van der Waals surface area contributed by atoms with Gasteiger partial charge in [-0.25, -0.2) is 0 Å². The number of hydrogen-bond acceptors (Lipinski definition) is 2. The fraction of sp³-hybridized carbons (Fsp3) is 0.700. The summed E-state index contributed by atoms with van der Waals surface area (Å²) in [5.74, 6) is 0.509. The van der Waals surface area contributed by atoms with Crippen LogP contribution < -0.4 is 0 Å². The summed E-state index contributed by atoms with van der Waals surface area (Å²) in [6.07, 6.45) is 9.61. The molecule has 12 heavy (non-hydrogen) atoms. The third-order valence-electron chi connectivity index (χ3n) is 2.73. The van der Waals surface area contributed by atoms with Crippen LogP contribution in [0.2, 0.25) is 0 Å². The van der Waals surface area contributed by atoms with E-state index in [-0.39, 0.29) is 12.1 Å². The van der Waals surface area contributed by atoms with Gasteiger partial charge in [0.25, 0.3) is 0 Å². The molecule has 0 bridgehead atoms. The van der Waals surface area contributed by atoms with Crippen molar-refractivity contribution in [2.24, 2.45) is 5.92 Å². The molecule has 2 heteroatoms. The van der Waals surface area contributed by atoms with E-state index in [9.17, 15) is 4.79 Å². The second-order valence-corrected chi connectivity index (χ2v) is 3.62. The summed E-state index contributed by atoms with van der Waals surface area (Å²) >= 11 is 0. The molecule has 2 aliphatic rings. The molecular formula is C10H14O2. The molecule has 0 aromatic rings. The molecular weight excluding hydrogens is 152 g/mol. The average molecular weight is 166 g/mol. The van der Waals surface area contributed by atoms with Crippen LogP contribution in [0.5, 0.6) is 0 Å². The van der Waals surface area contributed by atoms with Crippen molar-refractivity contribution in [3.63, 3.8) is 0 Å². The van der Waals surface area contributed by atoms with Crippen molar-refractivity contribution in [1.29, 1.82) is 0 Å². The van der Waals surface area contributed by atoms with Gasteiger partial charge in [0.05, 0.1) is 6.42 Å². The van der Waals surface area contributed by atoms with E-state index in [1.54, 1.807) is 0 Å². The Labute approximate surface area is 72.6 Å². The molecule has 0 saturated carbocycles. The van der Waals surface area contributed by atoms with Crippen LogP contribution in [0.15, 0.2) is 12.2 Å². The highest BCUT2D eigenvalue weighted by atomic mass is 16.5. The lowest BCUT2D eigenvalue weighted by Gasteiger charge is -2.17. The summed E-state index contributed by atoms with van der Waals surface area (Å²) in [6.45, 7) is 0. The Hall–Kier alpha value is -0.790. The van der Waals surface area contributed by atoms with Crippen LogP contribution in [0, 0.1) is 5.92 Å². The maximum Gasteiger partial charge on any atom is 0.306 e. The molecule has 0 spiro atoms. The summed E-state index contributed by atoms with van der Waals surface area (Å²) in [7, 11) is 0. The van der Waals surface area contributed by atoms with E-state index in [1.807, 2.05) is 0 Å². The first-order chi connectivity index (χ1) is 5.86. The van der Waals surface area contributed by atoms with E-state index in [1.165, 1.54) is 0 Å². The molecule has 1 saturated heterocycles. The molecule has 2 atom stereocenters. The molecule has 0 N–H and O–H groups in total. The minimum atomic E-state index is 0.00639. The lowest BCUT2D eigenvalue weighted by Crippen LogP contribution is -2.16. The van der Waals surface area contributed by atoms with E-state index in [4.69, 9.17) is 4.74 Å². The largest absolute Gasteiger partial charge is 0.462 e. The quantitative estimate of drug-likeness (QED) is 0.406. The molecule has 1 aliphatic carbocycles. The normalized spacial score (nSPS) is 37.8. The lowest BCUT2D eigenvalue weighted by molar-refractivity contribution is -0.141. The van der Waals surface area contributed by atoms with Crippen LogP contribution in [-0.2, 0) is 9.53 Å². The number of carbonyl (C=O) groups is 1. The van der Waals surface area contributed by atoms with Crippen molar-refractivity contribution < 1.29 is 9.53 Å². The number of ether oxygens (including phenoxy) is 1. The number of hydrogen-bond donors (Lipinski definition) is 0. The summed E-state index contributed by atoms with van der Waals surface area (Å²) in [6, 6.07) is 0. The number of rotatable bonds is 0. The standard InChI is InChI=1S/C10H14O2/c11-10-7-8-5-3-1-2-4-6-9(8)12-10/h1-2,8-9H,3-7H2/b2-1-/t8-,9+/m0/s1. The SMILES string of the molecule is O=C1C[C@@H]2CC/C=C\CC[C@H]2O1. The topological polar surface area (TPSA) is 26.3 Å². The molecule has 0 unspecified atom stereocenters. The third kappa shape index (κ3) is 1.52. The summed E-state index contributed by atoms with van der Waals surface area (Å²) < 4.78 is 5.23. The molecule has 0 aromatic carbocycles. The summed E-state index contributed by atoms with van der Waals surface area (Å²) in [5, 5.41) is 0. The maximum absolute atomic E-state index is 11.0. The molecule has 0 radical (unpaired) electrons. The Morgan fingerprint density at radius 2 is 2.00 bits per heavy atom. The van der Waals surface area contributed by atoms with Gasteiger partial charge in [-0.15, -0.1) is 0 Å². The number of carbonyl (C=O) groups excluding carboxylic acids is 1. The van der Waals surface area contributed by atoms with Gasteiger partial charge in [0.1, 0.15) is 6.10 Å². The van der Waals surface area contributed by atoms with Crippen LogP contribution in [0.25, 0.3) is 0 Å². The van der Waals surface area contributed by atoms with Crippen molar-refractivity contribution >= 4 is 5.97 Å². The Balaban J connectivity index is 2.02. The van der Waals surface area contributed by atoms with Gasteiger partial charge in [-0.1, -0.05) is 12.2 Å². The Bertz CT molecular complexity index is 188. The maximum atomic E-state index is 11.0. The van der Waals surface area contributed by atoms with Crippen molar-refractivity contribution in [3.05, 3.63) is 12.2 Å². The van der Waals surface area contributed by atoms with E-state index in [0.29, 0.717) is 12.3 Å². The van der Waals surface area contributed by atoms with E-state index in [0.717, 1.165) is 25.7 Å². The zero-order valence-electron chi connectivity index (χ0n) is 7.16. The third-order valence-corrected chi connectivity index (χ3v) is 2.73. The van der Waals surface area contributed by atoms with E-state index in [2.05, 4.69) is 12.2 Å². The lowest BCUT2D eigenvalue weighted by atomic mass is 9.91. The predicted octanol–water partition coefficient (Wildman–Crippen LogP) is 2.05. The number of fused-ring (bicyclic) bond motifs is 1. The molecule has 1 fully saturated rings. The smallest absolute Gasteiger partial charge is 0.306 e. The van der Waals surface area contributed by atoms with Crippen LogP contribution in [0.3, 0.4) is 0 Å². The van der Waals surface area contributed by atoms with Crippen molar-refractivity contribution in [3.8, 4) is 0 Å². The van der Waals surface area contributed by atoms with Gasteiger partial charge in [0.15, 0.2) is 0 Å². The van der Waals surface area contributed by atoms with Gasteiger partial charge < -0.3 is 4.74 Å². The van der Waals surface area contributed by atoms with Crippen molar-refractivity contribution in [2.75, 3.05) is 0 Å². The Morgan fingerprint density at radius 3 is 2.83 bits per heavy atom. The van der Waals surface area contributed by atoms with Gasteiger partial charge in [-0.3, -0.25) is 4.79 Å². The fourth-order valence-corrected chi connectivity index (χ4v) is 2.05. The first-order valence-electron chi connectivity index (χ1n) is 4.71. The summed E-state index contributed by atoms with van der Waals surface area (Å²) in [4.78, 5) is 11.0. The molecule has 1 heterocycles. The van der Waals surface area contributed by atoms with Gasteiger partial charge in [-0.2, -0.15) is 0 Å². The van der Waals surface area contributed by atoms with Gasteiger partial charge >= 0.3 is 5.97 Å². The molecule has 2 rings (SSSR count). The number of allylic oxidation sites excluding steroid dienone is 2. The Morgan fingerprint density at radius 1 is 1.25 bits per heavy atom.